The van der Waals surface area contributed by atoms with Gasteiger partial charge >= 0.3 is 0 Å². The lowest BCUT2D eigenvalue weighted by Crippen LogP contribution is -2.39. The molecule has 0 spiro atoms. The number of aromatic nitrogens is 2. The molecule has 2 aromatic rings. The van der Waals surface area contributed by atoms with Gasteiger partial charge in [-0.05, 0) is 23.5 Å². The Bertz CT molecular complexity index is 600. The van der Waals surface area contributed by atoms with E-state index in [1.807, 2.05) is 6.92 Å². The summed E-state index contributed by atoms with van der Waals surface area (Å²) in [6.07, 6.45) is 0. The van der Waals surface area contributed by atoms with E-state index in [-0.39, 0.29) is 5.41 Å². The van der Waals surface area contributed by atoms with Crippen molar-refractivity contribution in [3.63, 3.8) is 0 Å². The van der Waals surface area contributed by atoms with Crippen LogP contribution < -0.4 is 4.68 Å². The lowest BCUT2D eigenvalue weighted by molar-refractivity contribution is -0.746. The molecule has 1 aromatic carbocycles. The Morgan fingerprint density at radius 2 is 1.95 bits per heavy atom. The van der Waals surface area contributed by atoms with Gasteiger partial charge < -0.3 is 0 Å². The standard InChI is InChI=1S/C14H17F2N2S/c1-9-18(17-13(19-9)14(2,3)4)8-10-5-6-11(15)7-12(10)16/h5-7H,8H2,1-4H3/q+1. The molecule has 2 rings (SSSR count). The van der Waals surface area contributed by atoms with Gasteiger partial charge in [0.05, 0.1) is 5.56 Å². The Balaban J connectivity index is 2.31. The highest BCUT2D eigenvalue weighted by molar-refractivity contribution is 7.11. The zero-order chi connectivity index (χ0) is 14.2. The topological polar surface area (TPSA) is 16.8 Å². The third-order valence-corrected chi connectivity index (χ3v) is 4.19. The molecule has 0 saturated heterocycles. The molecule has 0 N–H and O–H groups in total. The van der Waals surface area contributed by atoms with Crippen molar-refractivity contribution in [3.05, 3.63) is 45.4 Å². The Labute approximate surface area is 115 Å². The van der Waals surface area contributed by atoms with Crippen LogP contribution in [-0.2, 0) is 12.0 Å². The lowest BCUT2D eigenvalue weighted by atomic mass is 9.98. The maximum Gasteiger partial charge on any atom is 0.262 e. The fraction of sp³-hybridized carbons (Fsp3) is 0.429. The monoisotopic (exact) mass is 283 g/mol. The van der Waals surface area contributed by atoms with Crippen LogP contribution in [0.4, 0.5) is 8.78 Å². The quantitative estimate of drug-likeness (QED) is 0.772. The van der Waals surface area contributed by atoms with Crippen LogP contribution in [-0.4, -0.2) is 5.10 Å². The van der Waals surface area contributed by atoms with Crippen LogP contribution in [0.15, 0.2) is 18.2 Å². The number of rotatable bonds is 2. The predicted octanol–water partition coefficient (Wildman–Crippen LogP) is 3.36. The number of hydrogen-bond donors (Lipinski definition) is 0. The summed E-state index contributed by atoms with van der Waals surface area (Å²) in [5.74, 6) is -1.09. The largest absolute Gasteiger partial charge is 0.262 e. The van der Waals surface area contributed by atoms with Gasteiger partial charge in [-0.3, -0.25) is 0 Å². The molecule has 0 fully saturated rings. The zero-order valence-electron chi connectivity index (χ0n) is 11.5. The molecule has 1 heterocycles. The van der Waals surface area contributed by atoms with Gasteiger partial charge in [-0.1, -0.05) is 25.5 Å². The third-order valence-electron chi connectivity index (χ3n) is 2.80. The van der Waals surface area contributed by atoms with E-state index in [9.17, 15) is 8.78 Å². The Morgan fingerprint density at radius 1 is 1.26 bits per heavy atom. The highest BCUT2D eigenvalue weighted by Crippen LogP contribution is 2.24. The highest BCUT2D eigenvalue weighted by atomic mass is 32.1. The molecule has 0 aliphatic carbocycles. The maximum atomic E-state index is 13.6. The van der Waals surface area contributed by atoms with Crippen LogP contribution in [0.2, 0.25) is 0 Å². The average molecular weight is 283 g/mol. The van der Waals surface area contributed by atoms with Crippen molar-refractivity contribution >= 4 is 11.3 Å². The number of benzene rings is 1. The van der Waals surface area contributed by atoms with E-state index in [0.29, 0.717) is 12.1 Å². The zero-order valence-corrected chi connectivity index (χ0v) is 12.3. The van der Waals surface area contributed by atoms with Crippen LogP contribution in [0.1, 0.15) is 36.3 Å². The number of hydrogen-bond acceptors (Lipinski definition) is 2. The van der Waals surface area contributed by atoms with Crippen molar-refractivity contribution < 1.29 is 13.5 Å². The molecule has 0 aliphatic heterocycles. The molecule has 2 nitrogen and oxygen atoms in total. The van der Waals surface area contributed by atoms with Crippen molar-refractivity contribution in [3.8, 4) is 0 Å². The van der Waals surface area contributed by atoms with E-state index in [4.69, 9.17) is 0 Å². The Kier molecular flexibility index (Phi) is 3.67. The van der Waals surface area contributed by atoms with Crippen LogP contribution in [0, 0.1) is 18.6 Å². The van der Waals surface area contributed by atoms with Crippen molar-refractivity contribution in [2.24, 2.45) is 0 Å². The molecular weight excluding hydrogens is 266 g/mol. The lowest BCUT2D eigenvalue weighted by Gasteiger charge is -2.10. The molecule has 0 radical (unpaired) electrons. The summed E-state index contributed by atoms with van der Waals surface area (Å²) < 4.78 is 28.3. The van der Waals surface area contributed by atoms with Crippen LogP contribution in [0.3, 0.4) is 0 Å². The number of aryl methyl sites for hydroxylation is 1. The van der Waals surface area contributed by atoms with Crippen molar-refractivity contribution in [1.29, 1.82) is 0 Å². The predicted molar refractivity (Wildman–Crippen MR) is 71.2 cm³/mol. The van der Waals surface area contributed by atoms with Crippen LogP contribution in [0.25, 0.3) is 0 Å². The average Bonchev–Trinajstić information content (AvgIpc) is 2.64. The molecule has 0 amide bonds. The second-order valence-electron chi connectivity index (χ2n) is 5.57. The Morgan fingerprint density at radius 3 is 2.47 bits per heavy atom. The minimum atomic E-state index is -0.559. The van der Waals surface area contributed by atoms with Crippen LogP contribution in [0.5, 0.6) is 0 Å². The molecule has 5 heteroatoms. The van der Waals surface area contributed by atoms with E-state index in [1.54, 1.807) is 16.0 Å². The molecule has 19 heavy (non-hydrogen) atoms. The van der Waals surface area contributed by atoms with E-state index in [2.05, 4.69) is 25.9 Å². The van der Waals surface area contributed by atoms with E-state index in [0.717, 1.165) is 16.1 Å². The molecule has 0 atom stereocenters. The van der Waals surface area contributed by atoms with E-state index in [1.165, 1.54) is 12.1 Å². The first kappa shape index (κ1) is 14.1. The fourth-order valence-electron chi connectivity index (χ4n) is 1.65. The maximum absolute atomic E-state index is 13.6. The van der Waals surface area contributed by atoms with Gasteiger partial charge in [0, 0.05) is 23.5 Å². The summed E-state index contributed by atoms with van der Waals surface area (Å²) in [5, 5.41) is 6.53. The first-order chi connectivity index (χ1) is 8.77. The second kappa shape index (κ2) is 4.96. The van der Waals surface area contributed by atoms with Gasteiger partial charge in [0.1, 0.15) is 11.6 Å². The molecule has 0 aliphatic rings. The summed E-state index contributed by atoms with van der Waals surface area (Å²) >= 11 is 1.60. The smallest absolute Gasteiger partial charge is 0.207 e. The summed E-state index contributed by atoms with van der Waals surface area (Å²) in [5.41, 5.74) is 0.419. The van der Waals surface area contributed by atoms with E-state index < -0.39 is 11.6 Å². The summed E-state index contributed by atoms with van der Waals surface area (Å²) in [4.78, 5) is 0. The molecule has 0 bridgehead atoms. The summed E-state index contributed by atoms with van der Waals surface area (Å²) in [7, 11) is 0. The SMILES string of the molecule is Cc1sc(C(C)(C)C)n[n+]1Cc1ccc(F)cc1F. The minimum absolute atomic E-state index is 0.0258. The Hall–Kier alpha value is -1.36. The number of nitrogens with zero attached hydrogens (tertiary/aromatic N) is 2. The summed E-state index contributed by atoms with van der Waals surface area (Å²) in [6, 6.07) is 3.64. The van der Waals surface area contributed by atoms with Crippen molar-refractivity contribution in [2.45, 2.75) is 39.7 Å². The molecule has 0 saturated carbocycles. The second-order valence-corrected chi connectivity index (χ2v) is 6.75. The van der Waals surface area contributed by atoms with Gasteiger partial charge in [0.15, 0.2) is 5.01 Å². The minimum Gasteiger partial charge on any atom is -0.207 e. The fourth-order valence-corrected chi connectivity index (χ4v) is 2.59. The van der Waals surface area contributed by atoms with Gasteiger partial charge in [0.25, 0.3) is 5.01 Å². The molecular formula is C14H17F2N2S+. The van der Waals surface area contributed by atoms with E-state index >= 15 is 0 Å². The molecule has 0 unspecified atom stereocenters. The number of halogens is 2. The third kappa shape index (κ3) is 3.15. The van der Waals surface area contributed by atoms with Crippen LogP contribution >= 0.6 is 11.3 Å². The first-order valence-corrected chi connectivity index (χ1v) is 6.91. The normalized spacial score (nSPS) is 11.9. The van der Waals surface area contributed by atoms with Gasteiger partial charge in [0.2, 0.25) is 6.54 Å². The first-order valence-electron chi connectivity index (χ1n) is 6.09. The van der Waals surface area contributed by atoms with Crippen molar-refractivity contribution in [2.75, 3.05) is 0 Å². The van der Waals surface area contributed by atoms with Gasteiger partial charge in [-0.2, -0.15) is 0 Å². The van der Waals surface area contributed by atoms with Crippen molar-refractivity contribution in [1.82, 2.24) is 5.10 Å². The van der Waals surface area contributed by atoms with Gasteiger partial charge in [-0.15, -0.1) is 0 Å². The van der Waals surface area contributed by atoms with Gasteiger partial charge in [-0.25, -0.2) is 8.78 Å². The molecule has 102 valence electrons. The summed E-state index contributed by atoms with van der Waals surface area (Å²) in [6.45, 7) is 8.55. The molecule has 1 aromatic heterocycles. The highest BCUT2D eigenvalue weighted by Gasteiger charge is 2.26.